The zero-order valence-electron chi connectivity index (χ0n) is 11.1. The van der Waals surface area contributed by atoms with Crippen molar-refractivity contribution < 1.29 is 0 Å². The van der Waals surface area contributed by atoms with E-state index in [1.807, 2.05) is 18.3 Å². The number of hydrogen-bond acceptors (Lipinski definition) is 4. The third kappa shape index (κ3) is 4.28. The molecule has 0 spiro atoms. The molecule has 2 aromatic rings. The fraction of sp³-hybridized carbons (Fsp3) is 0.357. The van der Waals surface area contributed by atoms with Crippen molar-refractivity contribution in [3.05, 3.63) is 46.6 Å². The molecular weight excluding hydrogens is 304 g/mol. The number of nitrogens with zero attached hydrogens (tertiary/aromatic N) is 3. The van der Waals surface area contributed by atoms with Gasteiger partial charge in [-0.2, -0.15) is 0 Å². The van der Waals surface area contributed by atoms with Crippen LogP contribution < -0.4 is 5.32 Å². The number of nitrogens with one attached hydrogen (secondary N) is 1. The van der Waals surface area contributed by atoms with Crippen molar-refractivity contribution in [3.8, 4) is 0 Å². The van der Waals surface area contributed by atoms with E-state index in [0.717, 1.165) is 29.2 Å². The Morgan fingerprint density at radius 3 is 2.84 bits per heavy atom. The summed E-state index contributed by atoms with van der Waals surface area (Å²) in [5, 5.41) is 3.32. The van der Waals surface area contributed by atoms with Crippen LogP contribution in [-0.4, -0.2) is 21.5 Å². The summed E-state index contributed by atoms with van der Waals surface area (Å²) in [4.78, 5) is 13.0. The zero-order chi connectivity index (χ0) is 13.7. The first-order valence-electron chi connectivity index (χ1n) is 6.32. The van der Waals surface area contributed by atoms with Gasteiger partial charge in [0.2, 0.25) is 0 Å². The second kappa shape index (κ2) is 6.61. The Morgan fingerprint density at radius 1 is 1.32 bits per heavy atom. The van der Waals surface area contributed by atoms with Gasteiger partial charge in [-0.25, -0.2) is 9.97 Å². The Morgan fingerprint density at radius 2 is 2.16 bits per heavy atom. The maximum Gasteiger partial charge on any atom is 0.134 e. The van der Waals surface area contributed by atoms with Crippen LogP contribution in [0.25, 0.3) is 0 Å². The van der Waals surface area contributed by atoms with E-state index in [9.17, 15) is 0 Å². The van der Waals surface area contributed by atoms with E-state index >= 15 is 0 Å². The summed E-state index contributed by atoms with van der Waals surface area (Å²) in [6, 6.07) is 5.92. The Hall–Kier alpha value is -1.49. The van der Waals surface area contributed by atoms with Gasteiger partial charge in [0.05, 0.1) is 0 Å². The second-order valence-corrected chi connectivity index (χ2v) is 5.44. The lowest BCUT2D eigenvalue weighted by Crippen LogP contribution is -2.09. The quantitative estimate of drug-likeness (QED) is 0.858. The monoisotopic (exact) mass is 320 g/mol. The first-order chi connectivity index (χ1) is 9.15. The zero-order valence-corrected chi connectivity index (χ0v) is 12.7. The molecule has 0 bridgehead atoms. The SMILES string of the molecule is CC(C)c1nc(Br)cc(NCCc2cccnc2)n1. The van der Waals surface area contributed by atoms with Crippen LogP contribution in [-0.2, 0) is 6.42 Å². The van der Waals surface area contributed by atoms with Gasteiger partial charge in [0, 0.05) is 30.9 Å². The lowest BCUT2D eigenvalue weighted by Gasteiger charge is -2.09. The van der Waals surface area contributed by atoms with Crippen molar-refractivity contribution in [3.63, 3.8) is 0 Å². The van der Waals surface area contributed by atoms with Gasteiger partial charge in [-0.1, -0.05) is 19.9 Å². The van der Waals surface area contributed by atoms with Crippen LogP contribution in [0.15, 0.2) is 35.2 Å². The Labute approximate surface area is 121 Å². The molecular formula is C14H17BrN4. The van der Waals surface area contributed by atoms with Gasteiger partial charge in [-0.3, -0.25) is 4.98 Å². The van der Waals surface area contributed by atoms with Crippen LogP contribution in [0.4, 0.5) is 5.82 Å². The molecule has 0 saturated heterocycles. The summed E-state index contributed by atoms with van der Waals surface area (Å²) in [6.45, 7) is 5.00. The summed E-state index contributed by atoms with van der Waals surface area (Å²) in [5.41, 5.74) is 1.22. The smallest absolute Gasteiger partial charge is 0.134 e. The average Bonchev–Trinajstić information content (AvgIpc) is 2.39. The molecule has 100 valence electrons. The van der Waals surface area contributed by atoms with Crippen LogP contribution in [0, 0.1) is 0 Å². The highest BCUT2D eigenvalue weighted by molar-refractivity contribution is 9.10. The molecule has 0 radical (unpaired) electrons. The van der Waals surface area contributed by atoms with Crippen LogP contribution in [0.5, 0.6) is 0 Å². The average molecular weight is 321 g/mol. The molecule has 5 heteroatoms. The van der Waals surface area contributed by atoms with Crippen LogP contribution in [0.1, 0.15) is 31.2 Å². The Balaban J connectivity index is 1.96. The third-order valence-corrected chi connectivity index (χ3v) is 3.08. The van der Waals surface area contributed by atoms with Crippen molar-refractivity contribution in [1.82, 2.24) is 15.0 Å². The molecule has 2 heterocycles. The van der Waals surface area contributed by atoms with Gasteiger partial charge in [-0.05, 0) is 34.0 Å². The summed E-state index contributed by atoms with van der Waals surface area (Å²) in [5.74, 6) is 2.02. The van der Waals surface area contributed by atoms with Gasteiger partial charge < -0.3 is 5.32 Å². The highest BCUT2D eigenvalue weighted by atomic mass is 79.9. The van der Waals surface area contributed by atoms with E-state index in [0.29, 0.717) is 5.92 Å². The van der Waals surface area contributed by atoms with Crippen molar-refractivity contribution in [1.29, 1.82) is 0 Å². The van der Waals surface area contributed by atoms with Crippen LogP contribution in [0.2, 0.25) is 0 Å². The molecule has 0 aromatic carbocycles. The highest BCUT2D eigenvalue weighted by Gasteiger charge is 2.06. The number of aromatic nitrogens is 3. The molecule has 0 aliphatic rings. The summed E-state index contributed by atoms with van der Waals surface area (Å²) >= 11 is 3.42. The molecule has 2 aromatic heterocycles. The molecule has 19 heavy (non-hydrogen) atoms. The van der Waals surface area contributed by atoms with Crippen molar-refractivity contribution >= 4 is 21.7 Å². The summed E-state index contributed by atoms with van der Waals surface area (Å²) in [6.07, 6.45) is 4.59. The molecule has 0 amide bonds. The van der Waals surface area contributed by atoms with Gasteiger partial charge in [0.1, 0.15) is 16.2 Å². The minimum atomic E-state index is 0.316. The first-order valence-corrected chi connectivity index (χ1v) is 7.11. The lowest BCUT2D eigenvalue weighted by atomic mass is 10.2. The molecule has 0 unspecified atom stereocenters. The standard InChI is InChI=1S/C14H17BrN4/c1-10(2)14-18-12(15)8-13(19-14)17-7-5-11-4-3-6-16-9-11/h3-4,6,8-10H,5,7H2,1-2H3,(H,17,18,19). The molecule has 0 aliphatic heterocycles. The van der Waals surface area contributed by atoms with Crippen LogP contribution >= 0.6 is 15.9 Å². The minimum Gasteiger partial charge on any atom is -0.370 e. The molecule has 1 N–H and O–H groups in total. The number of rotatable bonds is 5. The van der Waals surface area contributed by atoms with Gasteiger partial charge in [-0.15, -0.1) is 0 Å². The summed E-state index contributed by atoms with van der Waals surface area (Å²) < 4.78 is 0.815. The topological polar surface area (TPSA) is 50.7 Å². The fourth-order valence-corrected chi connectivity index (χ4v) is 2.06. The van der Waals surface area contributed by atoms with E-state index in [1.54, 1.807) is 6.20 Å². The molecule has 4 nitrogen and oxygen atoms in total. The van der Waals surface area contributed by atoms with E-state index < -0.39 is 0 Å². The minimum absolute atomic E-state index is 0.316. The maximum absolute atomic E-state index is 4.50. The predicted molar refractivity (Wildman–Crippen MR) is 80.3 cm³/mol. The number of anilines is 1. The Bertz CT molecular complexity index is 528. The van der Waals surface area contributed by atoms with Gasteiger partial charge >= 0.3 is 0 Å². The number of hydrogen-bond donors (Lipinski definition) is 1. The normalized spacial score (nSPS) is 10.7. The van der Waals surface area contributed by atoms with E-state index in [4.69, 9.17) is 0 Å². The summed E-state index contributed by atoms with van der Waals surface area (Å²) in [7, 11) is 0. The molecule has 0 saturated carbocycles. The van der Waals surface area contributed by atoms with Gasteiger partial charge in [0.25, 0.3) is 0 Å². The largest absolute Gasteiger partial charge is 0.370 e. The molecule has 2 rings (SSSR count). The van der Waals surface area contributed by atoms with E-state index in [2.05, 4.69) is 56.1 Å². The predicted octanol–water partition coefficient (Wildman–Crippen LogP) is 3.41. The van der Waals surface area contributed by atoms with Crippen molar-refractivity contribution in [2.45, 2.75) is 26.2 Å². The molecule has 0 aliphatic carbocycles. The number of pyridine rings is 1. The number of halogens is 1. The molecule has 0 fully saturated rings. The van der Waals surface area contributed by atoms with Crippen molar-refractivity contribution in [2.24, 2.45) is 0 Å². The van der Waals surface area contributed by atoms with E-state index in [-0.39, 0.29) is 0 Å². The van der Waals surface area contributed by atoms with Gasteiger partial charge in [0.15, 0.2) is 0 Å². The molecule has 0 atom stereocenters. The van der Waals surface area contributed by atoms with Crippen LogP contribution in [0.3, 0.4) is 0 Å². The first kappa shape index (κ1) is 13.9. The second-order valence-electron chi connectivity index (χ2n) is 4.63. The third-order valence-electron chi connectivity index (χ3n) is 2.67. The van der Waals surface area contributed by atoms with E-state index in [1.165, 1.54) is 5.56 Å². The Kier molecular flexibility index (Phi) is 4.85. The lowest BCUT2D eigenvalue weighted by molar-refractivity contribution is 0.769. The highest BCUT2D eigenvalue weighted by Crippen LogP contribution is 2.17. The maximum atomic E-state index is 4.50. The van der Waals surface area contributed by atoms with Crippen molar-refractivity contribution in [2.75, 3.05) is 11.9 Å². The fourth-order valence-electron chi connectivity index (χ4n) is 1.66.